The van der Waals surface area contributed by atoms with Crippen LogP contribution in [0.25, 0.3) is 0 Å². The van der Waals surface area contributed by atoms with Crippen LogP contribution in [-0.4, -0.2) is 51.5 Å². The maximum Gasteiger partial charge on any atom is 0.258 e. The molecule has 0 saturated carbocycles. The molecule has 1 saturated heterocycles. The Labute approximate surface area is 175 Å². The summed E-state index contributed by atoms with van der Waals surface area (Å²) in [5.74, 6) is -0.269. The van der Waals surface area contributed by atoms with E-state index in [2.05, 4.69) is 5.32 Å². The van der Waals surface area contributed by atoms with Gasteiger partial charge in [-0.1, -0.05) is 41.9 Å². The van der Waals surface area contributed by atoms with Crippen LogP contribution >= 0.6 is 11.6 Å². The minimum Gasteiger partial charge on any atom is -0.482 e. The molecule has 9 heteroatoms. The summed E-state index contributed by atoms with van der Waals surface area (Å²) in [7, 11) is -3.82. The van der Waals surface area contributed by atoms with Crippen LogP contribution in [0, 0.1) is 0 Å². The van der Waals surface area contributed by atoms with Crippen LogP contribution < -0.4 is 10.1 Å². The lowest BCUT2D eigenvalue weighted by Gasteiger charge is -2.27. The van der Waals surface area contributed by atoms with Gasteiger partial charge in [-0.15, -0.1) is 0 Å². The number of sulfonamides is 1. The third kappa shape index (κ3) is 5.48. The fourth-order valence-electron chi connectivity index (χ4n) is 2.98. The van der Waals surface area contributed by atoms with Crippen molar-refractivity contribution in [3.8, 4) is 5.75 Å². The molecule has 1 N–H and O–H groups in total. The van der Waals surface area contributed by atoms with Gasteiger partial charge in [0.1, 0.15) is 10.6 Å². The molecule has 1 aliphatic rings. The lowest BCUT2D eigenvalue weighted by Crippen LogP contribution is -2.40. The highest BCUT2D eigenvalue weighted by molar-refractivity contribution is 7.89. The summed E-state index contributed by atoms with van der Waals surface area (Å²) >= 11 is 6.02. The largest absolute Gasteiger partial charge is 0.482 e. The highest BCUT2D eigenvalue weighted by Crippen LogP contribution is 2.30. The van der Waals surface area contributed by atoms with Gasteiger partial charge in [-0.25, -0.2) is 8.42 Å². The zero-order valence-corrected chi connectivity index (χ0v) is 17.6. The number of rotatable bonds is 7. The summed E-state index contributed by atoms with van der Waals surface area (Å²) in [5.41, 5.74) is 0.961. The summed E-state index contributed by atoms with van der Waals surface area (Å²) in [6.45, 7) is 2.71. The Kier molecular flexibility index (Phi) is 7.13. The number of benzene rings is 2. The summed E-state index contributed by atoms with van der Waals surface area (Å²) in [6.07, 6.45) is 0. The van der Waals surface area contributed by atoms with Crippen molar-refractivity contribution in [3.63, 3.8) is 0 Å². The molecular formula is C20H23ClN2O5S. The number of ether oxygens (including phenoxy) is 2. The van der Waals surface area contributed by atoms with Gasteiger partial charge in [0, 0.05) is 18.1 Å². The third-order valence-electron chi connectivity index (χ3n) is 4.53. The SMILES string of the molecule is C[C@@H](NC(=O)COc1ccc(Cl)cc1S(=O)(=O)N1CCOCC1)c1ccccc1. The van der Waals surface area contributed by atoms with Gasteiger partial charge in [-0.05, 0) is 30.7 Å². The topological polar surface area (TPSA) is 84.9 Å². The molecule has 0 aliphatic carbocycles. The standard InChI is InChI=1S/C20H23ClN2O5S/c1-15(16-5-3-2-4-6-16)22-20(24)14-28-18-8-7-17(21)13-19(18)29(25,26)23-9-11-27-12-10-23/h2-8,13,15H,9-12,14H2,1H3,(H,22,24)/t15-/m1/s1. The normalized spacial score (nSPS) is 16.2. The number of hydrogen-bond acceptors (Lipinski definition) is 5. The van der Waals surface area contributed by atoms with Gasteiger partial charge in [0.05, 0.1) is 19.3 Å². The fourth-order valence-corrected chi connectivity index (χ4v) is 4.78. The second-order valence-corrected chi connectivity index (χ2v) is 8.94. The van der Waals surface area contributed by atoms with E-state index in [1.54, 1.807) is 0 Å². The Hall–Kier alpha value is -2.13. The van der Waals surface area contributed by atoms with Crippen molar-refractivity contribution >= 4 is 27.5 Å². The predicted molar refractivity (Wildman–Crippen MR) is 110 cm³/mol. The Balaban J connectivity index is 1.70. The molecule has 1 fully saturated rings. The van der Waals surface area contributed by atoms with Gasteiger partial charge in [-0.2, -0.15) is 4.31 Å². The first-order valence-corrected chi connectivity index (χ1v) is 11.0. The molecule has 7 nitrogen and oxygen atoms in total. The summed E-state index contributed by atoms with van der Waals surface area (Å²) in [5, 5.41) is 3.10. The second-order valence-electron chi connectivity index (χ2n) is 6.60. The number of carbonyl (C=O) groups excluding carboxylic acids is 1. The summed E-state index contributed by atoms with van der Waals surface area (Å²) in [4.78, 5) is 12.2. The van der Waals surface area contributed by atoms with Crippen LogP contribution in [0.3, 0.4) is 0 Å². The van der Waals surface area contributed by atoms with E-state index in [1.165, 1.54) is 22.5 Å². The van der Waals surface area contributed by atoms with Crippen LogP contribution in [0.15, 0.2) is 53.4 Å². The smallest absolute Gasteiger partial charge is 0.258 e. The molecule has 0 aromatic heterocycles. The highest BCUT2D eigenvalue weighted by atomic mass is 35.5. The van der Waals surface area contributed by atoms with Crippen molar-refractivity contribution in [1.29, 1.82) is 0 Å². The quantitative estimate of drug-likeness (QED) is 0.718. The fraction of sp³-hybridized carbons (Fsp3) is 0.350. The Morgan fingerprint density at radius 2 is 1.90 bits per heavy atom. The van der Waals surface area contributed by atoms with E-state index < -0.39 is 10.0 Å². The first-order chi connectivity index (χ1) is 13.9. The Bertz CT molecular complexity index is 947. The molecule has 3 rings (SSSR count). The lowest BCUT2D eigenvalue weighted by atomic mass is 10.1. The first-order valence-electron chi connectivity index (χ1n) is 9.22. The molecule has 156 valence electrons. The van der Waals surface area contributed by atoms with Gasteiger partial charge >= 0.3 is 0 Å². The Morgan fingerprint density at radius 3 is 2.59 bits per heavy atom. The maximum absolute atomic E-state index is 13.0. The van der Waals surface area contributed by atoms with Gasteiger partial charge < -0.3 is 14.8 Å². The van der Waals surface area contributed by atoms with E-state index in [-0.39, 0.29) is 47.3 Å². The van der Waals surface area contributed by atoms with Crippen molar-refractivity contribution < 1.29 is 22.7 Å². The Morgan fingerprint density at radius 1 is 1.21 bits per heavy atom. The minimum atomic E-state index is -3.82. The summed E-state index contributed by atoms with van der Waals surface area (Å²) < 4.78 is 38.1. The third-order valence-corrected chi connectivity index (χ3v) is 6.68. The van der Waals surface area contributed by atoms with E-state index >= 15 is 0 Å². The molecule has 0 radical (unpaired) electrons. The zero-order valence-electron chi connectivity index (χ0n) is 16.0. The zero-order chi connectivity index (χ0) is 20.9. The van der Waals surface area contributed by atoms with Crippen molar-refractivity contribution in [3.05, 3.63) is 59.1 Å². The minimum absolute atomic E-state index is 0.0594. The van der Waals surface area contributed by atoms with Crippen LogP contribution in [0.2, 0.25) is 5.02 Å². The van der Waals surface area contributed by atoms with Gasteiger partial charge in [0.25, 0.3) is 5.91 Å². The van der Waals surface area contributed by atoms with E-state index in [0.717, 1.165) is 5.56 Å². The molecule has 1 amide bonds. The van der Waals surface area contributed by atoms with Crippen LogP contribution in [0.1, 0.15) is 18.5 Å². The van der Waals surface area contributed by atoms with Gasteiger partial charge in [0.15, 0.2) is 6.61 Å². The molecule has 2 aromatic rings. The highest BCUT2D eigenvalue weighted by Gasteiger charge is 2.29. The average molecular weight is 439 g/mol. The number of nitrogens with zero attached hydrogens (tertiary/aromatic N) is 1. The molecule has 0 spiro atoms. The van der Waals surface area contributed by atoms with E-state index in [9.17, 15) is 13.2 Å². The molecular weight excluding hydrogens is 416 g/mol. The van der Waals surface area contributed by atoms with Crippen LogP contribution in [0.5, 0.6) is 5.75 Å². The number of nitrogens with one attached hydrogen (secondary N) is 1. The number of carbonyl (C=O) groups is 1. The van der Waals surface area contributed by atoms with Gasteiger partial charge in [-0.3, -0.25) is 4.79 Å². The van der Waals surface area contributed by atoms with Crippen molar-refractivity contribution in [2.24, 2.45) is 0 Å². The molecule has 0 unspecified atom stereocenters. The molecule has 29 heavy (non-hydrogen) atoms. The van der Waals surface area contributed by atoms with Gasteiger partial charge in [0.2, 0.25) is 10.0 Å². The predicted octanol–water partition coefficient (Wildman–Crippen LogP) is 2.62. The first kappa shape index (κ1) is 21.6. The number of halogens is 1. The van der Waals surface area contributed by atoms with Crippen molar-refractivity contribution in [2.75, 3.05) is 32.9 Å². The average Bonchev–Trinajstić information content (AvgIpc) is 2.74. The molecule has 1 heterocycles. The number of amides is 1. The lowest BCUT2D eigenvalue weighted by molar-refractivity contribution is -0.123. The molecule has 1 atom stereocenters. The maximum atomic E-state index is 13.0. The second kappa shape index (κ2) is 9.58. The van der Waals surface area contributed by atoms with E-state index in [0.29, 0.717) is 13.2 Å². The molecule has 2 aromatic carbocycles. The van der Waals surface area contributed by atoms with Crippen molar-refractivity contribution in [1.82, 2.24) is 9.62 Å². The van der Waals surface area contributed by atoms with E-state index in [1.807, 2.05) is 37.3 Å². The molecule has 0 bridgehead atoms. The number of morpholine rings is 1. The van der Waals surface area contributed by atoms with Crippen molar-refractivity contribution in [2.45, 2.75) is 17.9 Å². The molecule has 1 aliphatic heterocycles. The summed E-state index contributed by atoms with van der Waals surface area (Å²) in [6, 6.07) is 13.6. The monoisotopic (exact) mass is 438 g/mol. The van der Waals surface area contributed by atoms with Crippen LogP contribution in [-0.2, 0) is 19.6 Å². The van der Waals surface area contributed by atoms with Crippen LogP contribution in [0.4, 0.5) is 0 Å². The van der Waals surface area contributed by atoms with E-state index in [4.69, 9.17) is 21.1 Å². The number of hydrogen-bond donors (Lipinski definition) is 1.